The monoisotopic (exact) mass is 781 g/mol. The Labute approximate surface area is 335 Å². The second-order valence-corrected chi connectivity index (χ2v) is 13.6. The van der Waals surface area contributed by atoms with Crippen molar-refractivity contribution in [2.45, 2.75) is 41.5 Å². The predicted molar refractivity (Wildman–Crippen MR) is 231 cm³/mol. The van der Waals surface area contributed by atoms with Crippen LogP contribution in [-0.4, -0.2) is 50.8 Å². The van der Waals surface area contributed by atoms with Gasteiger partial charge in [0.05, 0.1) is 0 Å². The molecule has 0 radical (unpaired) electrons. The molecule has 298 valence electrons. The second kappa shape index (κ2) is 18.0. The third-order valence-electron chi connectivity index (χ3n) is 10.3. The zero-order chi connectivity index (χ0) is 41.5. The lowest BCUT2D eigenvalue weighted by Crippen LogP contribution is -2.22. The van der Waals surface area contributed by atoms with Crippen LogP contribution in [0.4, 0.5) is 17.1 Å². The Morgan fingerprint density at radius 3 is 1.03 bits per heavy atom. The fourth-order valence-electron chi connectivity index (χ4n) is 7.02. The lowest BCUT2D eigenvalue weighted by Gasteiger charge is -2.21. The summed E-state index contributed by atoms with van der Waals surface area (Å²) in [5.74, 6) is -1.04. The van der Waals surface area contributed by atoms with Gasteiger partial charge in [0.1, 0.15) is 33.4 Å². The van der Waals surface area contributed by atoms with Gasteiger partial charge in [0.25, 0.3) is 0 Å². The molecule has 0 unspecified atom stereocenters. The van der Waals surface area contributed by atoms with Gasteiger partial charge in [-0.1, -0.05) is 30.3 Å². The number of anilines is 3. The molecule has 0 aliphatic heterocycles. The number of fused-ring (bicyclic) bond motifs is 3. The van der Waals surface area contributed by atoms with E-state index in [1.807, 2.05) is 64.1 Å². The van der Waals surface area contributed by atoms with Crippen molar-refractivity contribution in [2.24, 2.45) is 0 Å². The van der Waals surface area contributed by atoms with Crippen molar-refractivity contribution in [3.63, 3.8) is 0 Å². The number of benzene rings is 4. The van der Waals surface area contributed by atoms with Gasteiger partial charge >= 0.3 is 16.9 Å². The summed E-state index contributed by atoms with van der Waals surface area (Å²) >= 11 is 0. The third-order valence-corrected chi connectivity index (χ3v) is 10.3. The SMILES string of the molecule is CCN(CC)c1ccc2cc(C(=O)c3cc4ccc(N(CC)CC)cc4oc3=O)c(=O)oc2c1.CCN(CC)c1ccc2cc(C(=O)c3ccccc3)c(=O)oc2c1. The van der Waals surface area contributed by atoms with Crippen LogP contribution < -0.4 is 31.6 Å². The van der Waals surface area contributed by atoms with Gasteiger partial charge in [-0.2, -0.15) is 0 Å². The van der Waals surface area contributed by atoms with Crippen LogP contribution in [0, 0.1) is 0 Å². The van der Waals surface area contributed by atoms with Crippen molar-refractivity contribution in [1.29, 1.82) is 0 Å². The van der Waals surface area contributed by atoms with E-state index in [0.29, 0.717) is 33.1 Å². The van der Waals surface area contributed by atoms with Crippen molar-refractivity contribution in [3.05, 3.63) is 157 Å². The van der Waals surface area contributed by atoms with Crippen molar-refractivity contribution in [1.82, 2.24) is 0 Å². The summed E-state index contributed by atoms with van der Waals surface area (Å²) in [7, 11) is 0. The van der Waals surface area contributed by atoms with E-state index in [-0.39, 0.29) is 22.5 Å². The molecule has 11 heteroatoms. The molecule has 0 spiro atoms. The Bertz CT molecular complexity index is 2660. The molecule has 7 rings (SSSR count). The molecule has 7 aromatic rings. The minimum Gasteiger partial charge on any atom is -0.422 e. The number of ketones is 2. The molecule has 3 heterocycles. The summed E-state index contributed by atoms with van der Waals surface area (Å²) in [6.45, 7) is 17.3. The minimum absolute atomic E-state index is 0.0595. The van der Waals surface area contributed by atoms with Crippen LogP contribution in [0.1, 0.15) is 73.4 Å². The van der Waals surface area contributed by atoms with Gasteiger partial charge < -0.3 is 28.0 Å². The number of rotatable bonds is 13. The third kappa shape index (κ3) is 8.48. The number of carbonyl (C=O) groups excluding carboxylic acids is 2. The Morgan fingerprint density at radius 2 is 0.724 bits per heavy atom. The molecule has 0 aliphatic carbocycles. The number of hydrogen-bond acceptors (Lipinski definition) is 11. The molecule has 4 aromatic carbocycles. The first kappa shape index (κ1) is 40.9. The van der Waals surface area contributed by atoms with Crippen LogP contribution in [0.2, 0.25) is 0 Å². The molecule has 0 atom stereocenters. The molecule has 0 saturated carbocycles. The van der Waals surface area contributed by atoms with Gasteiger partial charge in [-0.05, 0) is 96.1 Å². The van der Waals surface area contributed by atoms with E-state index in [1.54, 1.807) is 54.6 Å². The molecule has 3 aromatic heterocycles. The summed E-state index contributed by atoms with van der Waals surface area (Å²) in [5, 5.41) is 1.95. The van der Waals surface area contributed by atoms with Crippen LogP contribution in [0.5, 0.6) is 0 Å². The van der Waals surface area contributed by atoms with Crippen molar-refractivity contribution in [3.8, 4) is 0 Å². The van der Waals surface area contributed by atoms with Gasteiger partial charge in [-0.3, -0.25) is 9.59 Å². The quantitative estimate of drug-likeness (QED) is 0.0822. The van der Waals surface area contributed by atoms with E-state index in [2.05, 4.69) is 28.5 Å². The average molecular weight is 782 g/mol. The Balaban J connectivity index is 0.000000208. The zero-order valence-corrected chi connectivity index (χ0v) is 33.7. The summed E-state index contributed by atoms with van der Waals surface area (Å²) < 4.78 is 16.3. The van der Waals surface area contributed by atoms with E-state index in [9.17, 15) is 24.0 Å². The maximum atomic E-state index is 13.2. The number of hydrogen-bond donors (Lipinski definition) is 0. The van der Waals surface area contributed by atoms with Crippen LogP contribution in [0.25, 0.3) is 32.9 Å². The molecular formula is C47H47N3O8. The van der Waals surface area contributed by atoms with E-state index in [1.165, 1.54) is 12.1 Å². The highest BCUT2D eigenvalue weighted by Gasteiger charge is 2.22. The van der Waals surface area contributed by atoms with E-state index in [0.717, 1.165) is 61.7 Å². The van der Waals surface area contributed by atoms with Crippen LogP contribution in [0.3, 0.4) is 0 Å². The second-order valence-electron chi connectivity index (χ2n) is 13.6. The fourth-order valence-corrected chi connectivity index (χ4v) is 7.02. The molecule has 0 amide bonds. The van der Waals surface area contributed by atoms with Crippen molar-refractivity contribution in [2.75, 3.05) is 54.0 Å². The maximum absolute atomic E-state index is 13.2. The lowest BCUT2D eigenvalue weighted by molar-refractivity contribution is 0.102. The molecule has 0 saturated heterocycles. The van der Waals surface area contributed by atoms with Gasteiger partial charge in [-0.25, -0.2) is 14.4 Å². The molecular weight excluding hydrogens is 735 g/mol. The van der Waals surface area contributed by atoms with Gasteiger partial charge in [0.15, 0.2) is 5.78 Å². The molecule has 58 heavy (non-hydrogen) atoms. The summed E-state index contributed by atoms with van der Waals surface area (Å²) in [5.41, 5.74) is 2.09. The number of carbonyl (C=O) groups is 2. The fraction of sp³-hybridized carbons (Fsp3) is 0.255. The van der Waals surface area contributed by atoms with Gasteiger partial charge in [-0.15, -0.1) is 0 Å². The molecule has 0 fully saturated rings. The van der Waals surface area contributed by atoms with Crippen LogP contribution in [0.15, 0.2) is 131 Å². The highest BCUT2D eigenvalue weighted by atomic mass is 16.4. The molecule has 11 nitrogen and oxygen atoms in total. The molecule has 0 aliphatic rings. The van der Waals surface area contributed by atoms with E-state index < -0.39 is 22.7 Å². The average Bonchev–Trinajstić information content (AvgIpc) is 3.24. The standard InChI is InChI=1S/C27H28N2O5.C20H19NO3/c1-5-28(6-2)19-11-9-17-13-21(26(31)33-23(17)15-19)25(30)22-14-18-10-12-20(29(7-3)8-4)16-24(18)34-27(22)32;1-3-21(4-2)16-11-10-15-12-17(20(23)24-18(15)13-16)19(22)14-8-6-5-7-9-14/h9-16H,5-8H2,1-4H3;5-13H,3-4H2,1-2H3. The van der Waals surface area contributed by atoms with Crippen molar-refractivity contribution < 1.29 is 22.8 Å². The normalized spacial score (nSPS) is 11.0. The van der Waals surface area contributed by atoms with Gasteiger partial charge in [0, 0.05) is 96.3 Å². The lowest BCUT2D eigenvalue weighted by atomic mass is 10.0. The zero-order valence-electron chi connectivity index (χ0n) is 33.7. The summed E-state index contributed by atoms with van der Waals surface area (Å²) in [6, 6.07) is 30.0. The first-order valence-electron chi connectivity index (χ1n) is 19.7. The van der Waals surface area contributed by atoms with E-state index in [4.69, 9.17) is 13.3 Å². The first-order valence-corrected chi connectivity index (χ1v) is 19.7. The predicted octanol–water partition coefficient (Wildman–Crippen LogP) is 8.69. The topological polar surface area (TPSA) is 134 Å². The maximum Gasteiger partial charge on any atom is 0.347 e. The first-order chi connectivity index (χ1) is 28.0. The molecule has 0 bridgehead atoms. The van der Waals surface area contributed by atoms with Gasteiger partial charge in [0.2, 0.25) is 5.78 Å². The highest BCUT2D eigenvalue weighted by molar-refractivity contribution is 6.11. The smallest absolute Gasteiger partial charge is 0.347 e. The van der Waals surface area contributed by atoms with Crippen molar-refractivity contribution >= 4 is 61.5 Å². The summed E-state index contributed by atoms with van der Waals surface area (Å²) in [4.78, 5) is 69.8. The Kier molecular flexibility index (Phi) is 12.7. The van der Waals surface area contributed by atoms with Crippen LogP contribution >= 0.6 is 0 Å². The minimum atomic E-state index is -0.787. The largest absolute Gasteiger partial charge is 0.422 e. The van der Waals surface area contributed by atoms with E-state index >= 15 is 0 Å². The van der Waals surface area contributed by atoms with Crippen LogP contribution in [-0.2, 0) is 0 Å². The molecule has 0 N–H and O–H groups in total. The summed E-state index contributed by atoms with van der Waals surface area (Å²) in [6.07, 6.45) is 0. The highest BCUT2D eigenvalue weighted by Crippen LogP contribution is 2.26. The Hall–Kier alpha value is -6.75. The number of nitrogens with zero attached hydrogens (tertiary/aromatic N) is 3. The Morgan fingerprint density at radius 1 is 0.414 bits per heavy atom.